The van der Waals surface area contributed by atoms with Crippen molar-refractivity contribution in [2.45, 2.75) is 25.5 Å². The number of nitrogens with zero attached hydrogens (tertiary/aromatic N) is 4. The third-order valence-corrected chi connectivity index (χ3v) is 4.55. The number of aryl methyl sites for hydroxylation is 1. The van der Waals surface area contributed by atoms with Crippen LogP contribution in [0.25, 0.3) is 5.65 Å². The molecular formula is C15H19N5O3. The van der Waals surface area contributed by atoms with E-state index in [1.807, 2.05) is 13.0 Å². The van der Waals surface area contributed by atoms with Gasteiger partial charge in [0.25, 0.3) is 5.56 Å². The number of aromatic amines is 1. The molecule has 2 aliphatic heterocycles. The van der Waals surface area contributed by atoms with E-state index in [1.54, 1.807) is 18.0 Å². The van der Waals surface area contributed by atoms with Crippen LogP contribution >= 0.6 is 0 Å². The van der Waals surface area contributed by atoms with Crippen molar-refractivity contribution < 1.29 is 9.53 Å². The molecule has 0 aromatic carbocycles. The Morgan fingerprint density at radius 2 is 2.17 bits per heavy atom. The van der Waals surface area contributed by atoms with Crippen molar-refractivity contribution in [3.63, 3.8) is 0 Å². The fourth-order valence-electron chi connectivity index (χ4n) is 3.54. The topological polar surface area (TPSA) is 82.9 Å². The molecule has 0 radical (unpaired) electrons. The van der Waals surface area contributed by atoms with Gasteiger partial charge in [0.05, 0.1) is 12.2 Å². The number of aromatic nitrogens is 3. The van der Waals surface area contributed by atoms with Gasteiger partial charge in [0.15, 0.2) is 5.65 Å². The zero-order valence-corrected chi connectivity index (χ0v) is 13.2. The van der Waals surface area contributed by atoms with Crippen LogP contribution in [0, 0.1) is 6.92 Å². The number of rotatable bonds is 2. The van der Waals surface area contributed by atoms with Crippen LogP contribution in [0.15, 0.2) is 16.9 Å². The van der Waals surface area contributed by atoms with Crippen LogP contribution in [0.1, 0.15) is 17.8 Å². The zero-order chi connectivity index (χ0) is 16.2. The predicted molar refractivity (Wildman–Crippen MR) is 82.3 cm³/mol. The average molecular weight is 317 g/mol. The van der Waals surface area contributed by atoms with Crippen LogP contribution in [0.5, 0.6) is 0 Å². The highest BCUT2D eigenvalue weighted by molar-refractivity contribution is 5.70. The van der Waals surface area contributed by atoms with Gasteiger partial charge in [-0.05, 0) is 6.92 Å². The van der Waals surface area contributed by atoms with Crippen LogP contribution in [0.4, 0.5) is 4.79 Å². The van der Waals surface area contributed by atoms with Crippen molar-refractivity contribution in [2.75, 3.05) is 26.7 Å². The molecule has 2 fully saturated rings. The number of likely N-dealkylation sites (N-methyl/N-ethyl adjacent to an activating group) is 1. The lowest BCUT2D eigenvalue weighted by Crippen LogP contribution is -2.37. The number of hydrogen-bond donors (Lipinski definition) is 1. The molecule has 23 heavy (non-hydrogen) atoms. The maximum absolute atomic E-state index is 12.1. The molecule has 2 aliphatic rings. The molecule has 0 bridgehead atoms. The first-order chi connectivity index (χ1) is 10.9. The van der Waals surface area contributed by atoms with Crippen LogP contribution in [-0.2, 0) is 11.3 Å². The number of H-pyrrole nitrogens is 1. The Kier molecular flexibility index (Phi) is 2.99. The monoisotopic (exact) mass is 317 g/mol. The van der Waals surface area contributed by atoms with Crippen molar-refractivity contribution in [2.24, 2.45) is 0 Å². The zero-order valence-electron chi connectivity index (χ0n) is 13.2. The second-order valence-corrected chi connectivity index (χ2v) is 6.59. The second kappa shape index (κ2) is 4.82. The van der Waals surface area contributed by atoms with E-state index in [4.69, 9.17) is 4.74 Å². The number of carbonyl (C=O) groups is 1. The first-order valence-corrected chi connectivity index (χ1v) is 7.69. The van der Waals surface area contributed by atoms with Crippen molar-refractivity contribution in [3.05, 3.63) is 33.9 Å². The molecule has 4 rings (SSSR count). The summed E-state index contributed by atoms with van der Waals surface area (Å²) in [6.07, 6.45) is 0.556. The molecule has 0 aliphatic carbocycles. The molecule has 1 atom stereocenters. The van der Waals surface area contributed by atoms with Crippen LogP contribution in [-0.4, -0.2) is 62.8 Å². The number of hydrogen-bond acceptors (Lipinski definition) is 5. The number of ether oxygens (including phenoxy) is 1. The minimum absolute atomic E-state index is 0.112. The lowest BCUT2D eigenvalue weighted by atomic mass is 10.0. The molecule has 122 valence electrons. The Balaban J connectivity index is 1.53. The van der Waals surface area contributed by atoms with Gasteiger partial charge in [-0.2, -0.15) is 0 Å². The minimum Gasteiger partial charge on any atom is -0.439 e. The highest BCUT2D eigenvalue weighted by atomic mass is 16.6. The van der Waals surface area contributed by atoms with Crippen LogP contribution in [0.2, 0.25) is 0 Å². The summed E-state index contributed by atoms with van der Waals surface area (Å²) in [4.78, 5) is 32.1. The van der Waals surface area contributed by atoms with Crippen LogP contribution in [0.3, 0.4) is 0 Å². The molecule has 1 N–H and O–H groups in total. The number of fused-ring (bicyclic) bond motifs is 1. The van der Waals surface area contributed by atoms with E-state index in [0.29, 0.717) is 25.3 Å². The summed E-state index contributed by atoms with van der Waals surface area (Å²) in [5.74, 6) is 0. The van der Waals surface area contributed by atoms with E-state index in [0.717, 1.165) is 24.4 Å². The minimum atomic E-state index is -0.407. The van der Waals surface area contributed by atoms with E-state index < -0.39 is 5.60 Å². The predicted octanol–water partition coefficient (Wildman–Crippen LogP) is 0.358. The van der Waals surface area contributed by atoms with Gasteiger partial charge >= 0.3 is 6.09 Å². The normalized spacial score (nSPS) is 25.0. The number of carbonyl (C=O) groups excluding carboxylic acids is 1. The maximum Gasteiger partial charge on any atom is 0.410 e. The molecule has 2 aromatic rings. The third-order valence-electron chi connectivity index (χ3n) is 4.55. The van der Waals surface area contributed by atoms with Gasteiger partial charge < -0.3 is 9.64 Å². The van der Waals surface area contributed by atoms with Gasteiger partial charge in [-0.15, -0.1) is 0 Å². The molecule has 0 saturated carbocycles. The quantitative estimate of drug-likeness (QED) is 0.864. The molecule has 8 nitrogen and oxygen atoms in total. The van der Waals surface area contributed by atoms with Crippen molar-refractivity contribution in [1.82, 2.24) is 24.4 Å². The number of amides is 1. The average Bonchev–Trinajstić information content (AvgIpc) is 3.10. The second-order valence-electron chi connectivity index (χ2n) is 6.59. The van der Waals surface area contributed by atoms with E-state index >= 15 is 0 Å². The Bertz CT molecular complexity index is 841. The SMILES string of the molecule is Cc1cc2nc(CN3CC[C@@]4(C3)CN(C)C(=O)O4)cc(=O)n2[nH]1. The first kappa shape index (κ1) is 14.3. The van der Waals surface area contributed by atoms with E-state index in [2.05, 4.69) is 15.0 Å². The Labute approximate surface area is 132 Å². The maximum atomic E-state index is 12.1. The Hall–Kier alpha value is -2.35. The van der Waals surface area contributed by atoms with Gasteiger partial charge in [-0.1, -0.05) is 0 Å². The van der Waals surface area contributed by atoms with Gasteiger partial charge in [-0.25, -0.2) is 14.3 Å². The summed E-state index contributed by atoms with van der Waals surface area (Å²) in [6.45, 7) is 4.60. The van der Waals surface area contributed by atoms with Gasteiger partial charge in [0.2, 0.25) is 0 Å². The fraction of sp³-hybridized carbons (Fsp3) is 0.533. The lowest BCUT2D eigenvalue weighted by Gasteiger charge is -2.21. The van der Waals surface area contributed by atoms with Crippen LogP contribution < -0.4 is 5.56 Å². The van der Waals surface area contributed by atoms with Crippen molar-refractivity contribution in [3.8, 4) is 0 Å². The first-order valence-electron chi connectivity index (χ1n) is 7.69. The Morgan fingerprint density at radius 3 is 2.91 bits per heavy atom. The molecule has 1 amide bonds. The highest BCUT2D eigenvalue weighted by Gasteiger charge is 2.48. The summed E-state index contributed by atoms with van der Waals surface area (Å²) in [5.41, 5.74) is 1.75. The molecular weight excluding hydrogens is 298 g/mol. The summed E-state index contributed by atoms with van der Waals surface area (Å²) in [7, 11) is 1.75. The largest absolute Gasteiger partial charge is 0.439 e. The molecule has 2 saturated heterocycles. The summed E-state index contributed by atoms with van der Waals surface area (Å²) in [5, 5.41) is 2.96. The third kappa shape index (κ3) is 2.39. The molecule has 0 unspecified atom stereocenters. The molecule has 8 heteroatoms. The van der Waals surface area contributed by atoms with E-state index in [9.17, 15) is 9.59 Å². The number of likely N-dealkylation sites (tertiary alicyclic amines) is 1. The smallest absolute Gasteiger partial charge is 0.410 e. The van der Waals surface area contributed by atoms with Gasteiger partial charge in [0, 0.05) is 50.9 Å². The summed E-state index contributed by atoms with van der Waals surface area (Å²) < 4.78 is 6.98. The molecule has 4 heterocycles. The fourth-order valence-corrected chi connectivity index (χ4v) is 3.54. The standard InChI is InChI=1S/C15H19N5O3/c1-10-5-12-16-11(6-13(21)20(12)17-10)7-19-4-3-15(9-19)8-18(2)14(22)23-15/h5-6,17H,3-4,7-9H2,1-2H3/t15-/m0/s1. The van der Waals surface area contributed by atoms with Gasteiger partial charge in [0.1, 0.15) is 5.60 Å². The van der Waals surface area contributed by atoms with E-state index in [-0.39, 0.29) is 11.7 Å². The summed E-state index contributed by atoms with van der Waals surface area (Å²) >= 11 is 0. The summed E-state index contributed by atoms with van der Waals surface area (Å²) in [6, 6.07) is 3.41. The molecule has 1 spiro atoms. The highest BCUT2D eigenvalue weighted by Crippen LogP contribution is 2.32. The van der Waals surface area contributed by atoms with Crippen molar-refractivity contribution in [1.29, 1.82) is 0 Å². The Morgan fingerprint density at radius 1 is 1.35 bits per heavy atom. The molecule has 2 aromatic heterocycles. The van der Waals surface area contributed by atoms with Crippen molar-refractivity contribution >= 4 is 11.7 Å². The number of nitrogens with one attached hydrogen (secondary N) is 1. The van der Waals surface area contributed by atoms with Gasteiger partial charge in [-0.3, -0.25) is 14.8 Å². The lowest BCUT2D eigenvalue weighted by molar-refractivity contribution is 0.0626. The van der Waals surface area contributed by atoms with E-state index in [1.165, 1.54) is 4.52 Å².